The van der Waals surface area contributed by atoms with Gasteiger partial charge in [0, 0.05) is 30.2 Å². The first-order valence-electron chi connectivity index (χ1n) is 12.1. The number of amides is 2. The van der Waals surface area contributed by atoms with Crippen molar-refractivity contribution in [3.05, 3.63) is 108 Å². The number of aryl methyl sites for hydroxylation is 1. The van der Waals surface area contributed by atoms with Crippen LogP contribution < -0.4 is 20.7 Å². The van der Waals surface area contributed by atoms with Crippen LogP contribution in [0.15, 0.2) is 91.5 Å². The van der Waals surface area contributed by atoms with Gasteiger partial charge in [0.15, 0.2) is 0 Å². The topological polar surface area (TPSA) is 116 Å². The Morgan fingerprint density at radius 2 is 1.82 bits per heavy atom. The Hall–Kier alpha value is -5.36. The van der Waals surface area contributed by atoms with Crippen molar-refractivity contribution >= 4 is 28.6 Å². The van der Waals surface area contributed by atoms with Crippen molar-refractivity contribution in [2.75, 3.05) is 17.2 Å². The normalized spacial score (nSPS) is 10.5. The molecule has 0 radical (unpaired) electrons. The van der Waals surface area contributed by atoms with Crippen LogP contribution in [0.1, 0.15) is 16.7 Å². The minimum atomic E-state index is -0.322. The van der Waals surface area contributed by atoms with E-state index in [1.165, 1.54) is 6.20 Å². The first-order chi connectivity index (χ1) is 18.6. The number of pyridine rings is 1. The number of anilines is 3. The van der Waals surface area contributed by atoms with Crippen LogP contribution in [0.25, 0.3) is 5.52 Å². The van der Waals surface area contributed by atoms with Crippen molar-refractivity contribution in [1.29, 1.82) is 5.26 Å². The lowest BCUT2D eigenvalue weighted by atomic mass is 10.1. The number of benzene rings is 2. The first-order valence-corrected chi connectivity index (χ1v) is 12.1. The van der Waals surface area contributed by atoms with Crippen LogP contribution in [0.3, 0.4) is 0 Å². The zero-order valence-electron chi connectivity index (χ0n) is 20.7. The quantitative estimate of drug-likeness (QED) is 0.246. The molecule has 9 heteroatoms. The largest absolute Gasteiger partial charge is 0.457 e. The van der Waals surface area contributed by atoms with Gasteiger partial charge in [-0.15, -0.1) is 0 Å². The van der Waals surface area contributed by atoms with E-state index in [1.807, 2.05) is 73.7 Å². The molecule has 9 nitrogen and oxygen atoms in total. The zero-order chi connectivity index (χ0) is 26.3. The van der Waals surface area contributed by atoms with Crippen LogP contribution in [-0.4, -0.2) is 27.2 Å². The third-order valence-corrected chi connectivity index (χ3v) is 5.95. The van der Waals surface area contributed by atoms with Gasteiger partial charge < -0.3 is 20.7 Å². The second-order valence-corrected chi connectivity index (χ2v) is 8.56. The fourth-order valence-electron chi connectivity index (χ4n) is 4.03. The highest BCUT2D eigenvalue weighted by Crippen LogP contribution is 2.33. The number of carbonyl (C=O) groups excluding carboxylic acids is 1. The number of ether oxygens (including phenoxy) is 1. The Morgan fingerprint density at radius 1 is 1.03 bits per heavy atom. The van der Waals surface area contributed by atoms with E-state index in [-0.39, 0.29) is 6.03 Å². The summed E-state index contributed by atoms with van der Waals surface area (Å²) in [7, 11) is 0. The summed E-state index contributed by atoms with van der Waals surface area (Å²) in [5, 5.41) is 23.2. The minimum Gasteiger partial charge on any atom is -0.457 e. The molecule has 0 aliphatic heterocycles. The van der Waals surface area contributed by atoms with Gasteiger partial charge in [-0.3, -0.25) is 4.98 Å². The van der Waals surface area contributed by atoms with E-state index in [0.717, 1.165) is 22.6 Å². The number of nitrogens with zero attached hydrogens (tertiary/aromatic N) is 4. The maximum Gasteiger partial charge on any atom is 0.319 e. The Kier molecular flexibility index (Phi) is 7.13. The van der Waals surface area contributed by atoms with Crippen molar-refractivity contribution in [2.24, 2.45) is 0 Å². The summed E-state index contributed by atoms with van der Waals surface area (Å²) < 4.78 is 7.52. The van der Waals surface area contributed by atoms with Gasteiger partial charge in [-0.05, 0) is 61.4 Å². The van der Waals surface area contributed by atoms with Gasteiger partial charge in [-0.25, -0.2) is 9.31 Å². The van der Waals surface area contributed by atoms with Crippen LogP contribution in [-0.2, 0) is 6.42 Å². The van der Waals surface area contributed by atoms with E-state index in [1.54, 1.807) is 23.1 Å². The van der Waals surface area contributed by atoms with Crippen LogP contribution in [0.4, 0.5) is 21.9 Å². The number of aromatic nitrogens is 3. The summed E-state index contributed by atoms with van der Waals surface area (Å²) >= 11 is 0. The molecule has 0 saturated carbocycles. The predicted octanol–water partition coefficient (Wildman–Crippen LogP) is 5.81. The summed E-state index contributed by atoms with van der Waals surface area (Å²) in [6.07, 6.45) is 7.40. The van der Waals surface area contributed by atoms with Gasteiger partial charge in [-0.2, -0.15) is 10.4 Å². The number of para-hydroxylation sites is 1. The molecule has 0 saturated heterocycles. The third-order valence-electron chi connectivity index (χ3n) is 5.95. The number of carbonyl (C=O) groups is 1. The molecule has 38 heavy (non-hydrogen) atoms. The maximum absolute atomic E-state index is 12.5. The van der Waals surface area contributed by atoms with Crippen LogP contribution in [0.5, 0.6) is 11.5 Å². The lowest BCUT2D eigenvalue weighted by Crippen LogP contribution is -2.30. The van der Waals surface area contributed by atoms with Gasteiger partial charge in [-0.1, -0.05) is 24.3 Å². The van der Waals surface area contributed by atoms with Gasteiger partial charge >= 0.3 is 6.03 Å². The van der Waals surface area contributed by atoms with Crippen molar-refractivity contribution in [3.8, 4) is 17.6 Å². The highest BCUT2D eigenvalue weighted by molar-refractivity contribution is 5.94. The van der Waals surface area contributed by atoms with E-state index in [0.29, 0.717) is 41.2 Å². The molecule has 3 heterocycles. The van der Waals surface area contributed by atoms with Crippen molar-refractivity contribution < 1.29 is 9.53 Å². The highest BCUT2D eigenvalue weighted by atomic mass is 16.5. The average molecular weight is 504 g/mol. The fourth-order valence-corrected chi connectivity index (χ4v) is 4.03. The summed E-state index contributed by atoms with van der Waals surface area (Å²) in [6.45, 7) is 2.35. The SMILES string of the molecule is Cc1c(NC(=O)NCCc2cccnc2)cn2ncc(C#N)c(Nc3ccc(Oc4ccccc4)cc3)c12. The van der Waals surface area contributed by atoms with Gasteiger partial charge in [0.25, 0.3) is 0 Å². The van der Waals surface area contributed by atoms with Gasteiger partial charge in [0.1, 0.15) is 17.6 Å². The second-order valence-electron chi connectivity index (χ2n) is 8.56. The molecule has 2 amide bonds. The molecule has 5 aromatic rings. The minimum absolute atomic E-state index is 0.322. The molecule has 188 valence electrons. The zero-order valence-corrected chi connectivity index (χ0v) is 20.7. The average Bonchev–Trinajstić information content (AvgIpc) is 3.26. The Bertz CT molecular complexity index is 1590. The Morgan fingerprint density at radius 3 is 2.55 bits per heavy atom. The number of hydrogen-bond acceptors (Lipinski definition) is 6. The number of rotatable bonds is 8. The monoisotopic (exact) mass is 503 g/mol. The highest BCUT2D eigenvalue weighted by Gasteiger charge is 2.17. The molecule has 5 rings (SSSR count). The summed E-state index contributed by atoms with van der Waals surface area (Å²) in [6, 6.07) is 22.7. The lowest BCUT2D eigenvalue weighted by molar-refractivity contribution is 0.252. The van der Waals surface area contributed by atoms with Crippen molar-refractivity contribution in [1.82, 2.24) is 19.9 Å². The Balaban J connectivity index is 1.32. The van der Waals surface area contributed by atoms with E-state index < -0.39 is 0 Å². The number of nitrogens with one attached hydrogen (secondary N) is 3. The number of nitriles is 1. The molecule has 0 spiro atoms. The van der Waals surface area contributed by atoms with E-state index in [4.69, 9.17) is 4.74 Å². The van der Waals surface area contributed by atoms with Crippen LogP contribution in [0, 0.1) is 18.3 Å². The van der Waals surface area contributed by atoms with Crippen molar-refractivity contribution in [3.63, 3.8) is 0 Å². The summed E-state index contributed by atoms with van der Waals surface area (Å²) in [5.74, 6) is 1.45. The maximum atomic E-state index is 12.5. The third kappa shape index (κ3) is 5.55. The molecule has 0 bridgehead atoms. The van der Waals surface area contributed by atoms with Gasteiger partial charge in [0.2, 0.25) is 0 Å². The molecule has 2 aromatic carbocycles. The lowest BCUT2D eigenvalue weighted by Gasteiger charge is -2.12. The molecular weight excluding hydrogens is 478 g/mol. The predicted molar refractivity (Wildman–Crippen MR) is 146 cm³/mol. The smallest absolute Gasteiger partial charge is 0.319 e. The van der Waals surface area contributed by atoms with Crippen LogP contribution in [0.2, 0.25) is 0 Å². The molecule has 3 aromatic heterocycles. The van der Waals surface area contributed by atoms with Crippen molar-refractivity contribution in [2.45, 2.75) is 13.3 Å². The number of fused-ring (bicyclic) bond motifs is 1. The Labute approximate surface area is 219 Å². The second kappa shape index (κ2) is 11.1. The standard InChI is InChI=1S/C29H25N7O2/c1-20-26(35-29(37)32-15-13-21-6-5-14-31-17-21)19-36-28(20)27(22(16-30)18-33-36)34-23-9-11-25(12-10-23)38-24-7-3-2-4-8-24/h2-12,14,17-19,34H,13,15H2,1H3,(H2,32,35,37). The molecule has 3 N–H and O–H groups in total. The molecule has 0 unspecified atom stereocenters. The van der Waals surface area contributed by atoms with Crippen LogP contribution >= 0.6 is 0 Å². The first kappa shape index (κ1) is 24.3. The molecule has 0 fully saturated rings. The summed E-state index contributed by atoms with van der Waals surface area (Å²) in [4.78, 5) is 16.6. The van der Waals surface area contributed by atoms with E-state index in [2.05, 4.69) is 32.1 Å². The summed E-state index contributed by atoms with van der Waals surface area (Å²) in [5.41, 5.74) is 4.88. The van der Waals surface area contributed by atoms with E-state index >= 15 is 0 Å². The molecular formula is C29H25N7O2. The fraction of sp³-hybridized carbons (Fsp3) is 0.103. The van der Waals surface area contributed by atoms with E-state index in [9.17, 15) is 10.1 Å². The number of urea groups is 1. The molecule has 0 aliphatic carbocycles. The molecule has 0 atom stereocenters. The number of hydrogen-bond donors (Lipinski definition) is 3. The molecule has 0 aliphatic rings. The van der Waals surface area contributed by atoms with Gasteiger partial charge in [0.05, 0.1) is 34.8 Å².